The molecule has 1 aliphatic carbocycles. The molecule has 0 radical (unpaired) electrons. The Labute approximate surface area is 231 Å². The maximum atomic E-state index is 12.8. The molecule has 0 bridgehead atoms. The van der Waals surface area contributed by atoms with E-state index in [0.29, 0.717) is 32.2 Å². The number of amides is 2. The van der Waals surface area contributed by atoms with Crippen LogP contribution in [0.2, 0.25) is 0 Å². The number of hydrogen-bond acceptors (Lipinski definition) is 12. The summed E-state index contributed by atoms with van der Waals surface area (Å²) >= 11 is 3.74. The van der Waals surface area contributed by atoms with Gasteiger partial charge >= 0.3 is 5.97 Å². The molecule has 202 valence electrons. The van der Waals surface area contributed by atoms with E-state index in [-0.39, 0.29) is 29.0 Å². The molecule has 0 saturated carbocycles. The molecular formula is C24H26N4O7S3. The van der Waals surface area contributed by atoms with Crippen molar-refractivity contribution in [3.05, 3.63) is 33.7 Å². The first-order chi connectivity index (χ1) is 18.4. The molecule has 2 aromatic heterocycles. The monoisotopic (exact) mass is 578 g/mol. The predicted molar refractivity (Wildman–Crippen MR) is 146 cm³/mol. The standard InChI is InChI=1S/C24H26N4O7S3/c1-5-35-22(31)18-13-7-6-8-16(13)37-21(18)25-17(29)11-36-24-28-27-23(38-24)26-20(30)12-9-14(32-2)19(34-4)15(10-12)33-3/h9-10H,5-8,11H2,1-4H3,(H,25,29)(H,26,27,30). The van der Waals surface area contributed by atoms with Crippen LogP contribution in [0.4, 0.5) is 10.1 Å². The smallest absolute Gasteiger partial charge is 0.341 e. The van der Waals surface area contributed by atoms with Gasteiger partial charge in [-0.15, -0.1) is 21.5 Å². The number of ether oxygens (including phenoxy) is 4. The highest BCUT2D eigenvalue weighted by Gasteiger charge is 2.28. The molecule has 0 fully saturated rings. The first kappa shape index (κ1) is 27.7. The fourth-order valence-electron chi connectivity index (χ4n) is 3.90. The van der Waals surface area contributed by atoms with E-state index in [1.54, 1.807) is 6.92 Å². The molecular weight excluding hydrogens is 552 g/mol. The van der Waals surface area contributed by atoms with Gasteiger partial charge in [-0.1, -0.05) is 23.1 Å². The number of benzene rings is 1. The van der Waals surface area contributed by atoms with Crippen molar-refractivity contribution in [3.8, 4) is 17.2 Å². The van der Waals surface area contributed by atoms with Crippen LogP contribution in [0.3, 0.4) is 0 Å². The van der Waals surface area contributed by atoms with Crippen LogP contribution < -0.4 is 24.8 Å². The van der Waals surface area contributed by atoms with Gasteiger partial charge < -0.3 is 24.3 Å². The molecule has 0 atom stereocenters. The fraction of sp³-hybridized carbons (Fsp3) is 0.375. The summed E-state index contributed by atoms with van der Waals surface area (Å²) in [5, 5.41) is 14.4. The molecule has 3 aromatic rings. The number of methoxy groups -OCH3 is 3. The third-order valence-electron chi connectivity index (χ3n) is 5.53. The number of aromatic nitrogens is 2. The summed E-state index contributed by atoms with van der Waals surface area (Å²) in [6, 6.07) is 3.06. The first-order valence-corrected chi connectivity index (χ1v) is 14.2. The third-order valence-corrected chi connectivity index (χ3v) is 8.71. The van der Waals surface area contributed by atoms with Crippen molar-refractivity contribution in [1.29, 1.82) is 0 Å². The number of anilines is 2. The molecule has 2 amide bonds. The largest absolute Gasteiger partial charge is 0.493 e. The van der Waals surface area contributed by atoms with Gasteiger partial charge in [0.1, 0.15) is 5.00 Å². The molecule has 11 nitrogen and oxygen atoms in total. The van der Waals surface area contributed by atoms with Gasteiger partial charge in [-0.25, -0.2) is 4.79 Å². The third kappa shape index (κ3) is 6.03. The van der Waals surface area contributed by atoms with Crippen molar-refractivity contribution in [2.24, 2.45) is 0 Å². The van der Waals surface area contributed by atoms with E-state index in [2.05, 4.69) is 20.8 Å². The average Bonchev–Trinajstić information content (AvgIpc) is 3.63. The van der Waals surface area contributed by atoms with Gasteiger partial charge in [0.2, 0.25) is 16.8 Å². The minimum Gasteiger partial charge on any atom is -0.493 e. The van der Waals surface area contributed by atoms with Gasteiger partial charge in [-0.05, 0) is 43.9 Å². The highest BCUT2D eigenvalue weighted by Crippen LogP contribution is 2.40. The Hall–Kier alpha value is -3.36. The molecule has 0 aliphatic heterocycles. The summed E-state index contributed by atoms with van der Waals surface area (Å²) in [5.41, 5.74) is 1.73. The predicted octanol–water partition coefficient (Wildman–Crippen LogP) is 4.27. The second-order valence-electron chi connectivity index (χ2n) is 7.86. The maximum absolute atomic E-state index is 12.8. The van der Waals surface area contributed by atoms with Crippen molar-refractivity contribution in [2.45, 2.75) is 30.5 Å². The van der Waals surface area contributed by atoms with E-state index in [0.717, 1.165) is 41.0 Å². The molecule has 1 aliphatic rings. The molecule has 4 rings (SSSR count). The number of rotatable bonds is 11. The minimum absolute atomic E-state index is 0.0558. The Morgan fingerprint density at radius 1 is 1.00 bits per heavy atom. The number of aryl methyl sites for hydroxylation is 1. The maximum Gasteiger partial charge on any atom is 0.341 e. The molecule has 1 aromatic carbocycles. The topological polar surface area (TPSA) is 138 Å². The van der Waals surface area contributed by atoms with Gasteiger partial charge in [-0.3, -0.25) is 14.9 Å². The lowest BCUT2D eigenvalue weighted by atomic mass is 10.1. The molecule has 2 heterocycles. The molecule has 14 heteroatoms. The lowest BCUT2D eigenvalue weighted by Crippen LogP contribution is -2.16. The molecule has 38 heavy (non-hydrogen) atoms. The van der Waals surface area contributed by atoms with Crippen molar-refractivity contribution in [1.82, 2.24) is 10.2 Å². The normalized spacial score (nSPS) is 12.0. The fourth-order valence-corrected chi connectivity index (χ4v) is 6.74. The lowest BCUT2D eigenvalue weighted by molar-refractivity contribution is -0.113. The summed E-state index contributed by atoms with van der Waals surface area (Å²) in [7, 11) is 4.41. The number of carbonyl (C=O) groups excluding carboxylic acids is 3. The molecule has 2 N–H and O–H groups in total. The van der Waals surface area contributed by atoms with Gasteiger partial charge in [0.25, 0.3) is 5.91 Å². The Morgan fingerprint density at radius 2 is 1.74 bits per heavy atom. The van der Waals surface area contributed by atoms with Crippen LogP contribution in [0.25, 0.3) is 0 Å². The van der Waals surface area contributed by atoms with Crippen molar-refractivity contribution in [3.63, 3.8) is 0 Å². The van der Waals surface area contributed by atoms with E-state index in [9.17, 15) is 14.4 Å². The van der Waals surface area contributed by atoms with Crippen LogP contribution in [-0.4, -0.2) is 61.7 Å². The van der Waals surface area contributed by atoms with Gasteiger partial charge in [0.05, 0.1) is 39.3 Å². The van der Waals surface area contributed by atoms with E-state index >= 15 is 0 Å². The zero-order chi connectivity index (χ0) is 27.2. The molecule has 0 spiro atoms. The number of nitrogens with one attached hydrogen (secondary N) is 2. The van der Waals surface area contributed by atoms with Crippen molar-refractivity contribution < 1.29 is 33.3 Å². The number of esters is 1. The SMILES string of the molecule is CCOC(=O)c1c(NC(=O)CSc2nnc(NC(=O)c3cc(OC)c(OC)c(OC)c3)s2)sc2c1CCC2. The summed E-state index contributed by atoms with van der Waals surface area (Å²) in [6.07, 6.45) is 2.69. The van der Waals surface area contributed by atoms with E-state index in [1.807, 2.05) is 0 Å². The van der Waals surface area contributed by atoms with E-state index in [4.69, 9.17) is 18.9 Å². The average molecular weight is 579 g/mol. The van der Waals surface area contributed by atoms with Crippen molar-refractivity contribution >= 4 is 62.4 Å². The number of nitrogens with zero attached hydrogens (tertiary/aromatic N) is 2. The summed E-state index contributed by atoms with van der Waals surface area (Å²) in [5.74, 6) is -0.00411. The van der Waals surface area contributed by atoms with Crippen LogP contribution in [0.1, 0.15) is 44.5 Å². The zero-order valence-electron chi connectivity index (χ0n) is 21.2. The Kier molecular flexibility index (Phi) is 9.07. The molecule has 0 saturated heterocycles. The van der Waals surface area contributed by atoms with Crippen LogP contribution in [0.5, 0.6) is 17.2 Å². The van der Waals surface area contributed by atoms with Crippen LogP contribution in [0.15, 0.2) is 16.5 Å². The number of hydrogen-bond donors (Lipinski definition) is 2. The zero-order valence-corrected chi connectivity index (χ0v) is 23.6. The van der Waals surface area contributed by atoms with Gasteiger partial charge in [-0.2, -0.15) is 0 Å². The Bertz CT molecular complexity index is 1330. The summed E-state index contributed by atoms with van der Waals surface area (Å²) < 4.78 is 21.6. The summed E-state index contributed by atoms with van der Waals surface area (Å²) in [4.78, 5) is 39.1. The Morgan fingerprint density at radius 3 is 2.39 bits per heavy atom. The van der Waals surface area contributed by atoms with E-state index in [1.165, 1.54) is 56.6 Å². The molecule has 0 unspecified atom stereocenters. The van der Waals surface area contributed by atoms with Gasteiger partial charge in [0.15, 0.2) is 15.8 Å². The number of fused-ring (bicyclic) bond motifs is 1. The van der Waals surface area contributed by atoms with Crippen molar-refractivity contribution in [2.75, 3.05) is 44.3 Å². The number of carbonyl (C=O) groups is 3. The number of thioether (sulfide) groups is 1. The lowest BCUT2D eigenvalue weighted by Gasteiger charge is -2.13. The van der Waals surface area contributed by atoms with Gasteiger partial charge in [0, 0.05) is 10.4 Å². The second-order valence-corrected chi connectivity index (χ2v) is 11.2. The first-order valence-electron chi connectivity index (χ1n) is 11.6. The highest BCUT2D eigenvalue weighted by molar-refractivity contribution is 8.01. The minimum atomic E-state index is -0.438. The summed E-state index contributed by atoms with van der Waals surface area (Å²) in [6.45, 7) is 2.02. The van der Waals surface area contributed by atoms with Crippen LogP contribution in [-0.2, 0) is 22.4 Å². The Balaban J connectivity index is 1.37. The number of thiophene rings is 1. The van der Waals surface area contributed by atoms with Crippen LogP contribution in [0, 0.1) is 0 Å². The quantitative estimate of drug-likeness (QED) is 0.193. The second kappa shape index (κ2) is 12.5. The van der Waals surface area contributed by atoms with E-state index < -0.39 is 11.9 Å². The van der Waals surface area contributed by atoms with Crippen LogP contribution >= 0.6 is 34.4 Å². The highest BCUT2D eigenvalue weighted by atomic mass is 32.2.